The summed E-state index contributed by atoms with van der Waals surface area (Å²) in [5.74, 6) is 0.453. The Hall–Kier alpha value is -2.19. The van der Waals surface area contributed by atoms with Crippen molar-refractivity contribution in [2.24, 2.45) is 16.8 Å². The Morgan fingerprint density at radius 2 is 1.89 bits per heavy atom. The number of rotatable bonds is 7. The third-order valence-electron chi connectivity index (χ3n) is 7.61. The highest BCUT2D eigenvalue weighted by Crippen LogP contribution is 2.47. The Balaban J connectivity index is 1.18. The maximum absolute atomic E-state index is 12.9. The number of ether oxygens (including phenoxy) is 5. The number of esters is 1. The minimum Gasteiger partial charge on any atom is -0.490 e. The lowest BCUT2D eigenvalue weighted by Crippen LogP contribution is -2.48. The van der Waals surface area contributed by atoms with Crippen molar-refractivity contribution in [2.45, 2.75) is 63.6 Å². The zero-order chi connectivity index (χ0) is 24.7. The molecule has 0 bridgehead atoms. The molecule has 1 aromatic rings. The molecule has 0 aliphatic carbocycles. The average Bonchev–Trinajstić information content (AvgIpc) is 3.53. The van der Waals surface area contributed by atoms with E-state index < -0.39 is 5.60 Å². The highest BCUT2D eigenvalue weighted by atomic mass is 35.5. The second-order valence-electron chi connectivity index (χ2n) is 10.0. The monoisotopic (exact) mass is 501 g/mol. The molecule has 3 saturated heterocycles. The fraction of sp³-hybridized carbons (Fsp3) is 0.556. The van der Waals surface area contributed by atoms with Gasteiger partial charge in [-0.3, -0.25) is 9.79 Å². The minimum atomic E-state index is -0.884. The largest absolute Gasteiger partial charge is 0.490 e. The van der Waals surface area contributed by atoms with Gasteiger partial charge in [0.2, 0.25) is 0 Å². The Morgan fingerprint density at radius 3 is 2.66 bits per heavy atom. The molecule has 0 aromatic heterocycles. The van der Waals surface area contributed by atoms with Gasteiger partial charge < -0.3 is 23.7 Å². The van der Waals surface area contributed by atoms with E-state index in [9.17, 15) is 4.79 Å². The van der Waals surface area contributed by atoms with Crippen LogP contribution >= 0.6 is 11.6 Å². The predicted molar refractivity (Wildman–Crippen MR) is 131 cm³/mol. The molecule has 188 valence electrons. The van der Waals surface area contributed by atoms with Gasteiger partial charge in [-0.25, -0.2) is 0 Å². The molecule has 5 rings (SSSR count). The molecule has 0 saturated carbocycles. The number of carbonyl (C=O) groups is 1. The van der Waals surface area contributed by atoms with Crippen molar-refractivity contribution < 1.29 is 28.5 Å². The lowest BCUT2D eigenvalue weighted by atomic mass is 9.78. The van der Waals surface area contributed by atoms with Gasteiger partial charge in [0.05, 0.1) is 49.7 Å². The molecule has 4 heterocycles. The summed E-state index contributed by atoms with van der Waals surface area (Å²) in [6.07, 6.45) is 1.94. The van der Waals surface area contributed by atoms with Crippen LogP contribution in [0.2, 0.25) is 5.02 Å². The summed E-state index contributed by atoms with van der Waals surface area (Å²) in [4.78, 5) is 17.5. The van der Waals surface area contributed by atoms with Gasteiger partial charge in [-0.15, -0.1) is 0 Å². The Kier molecular flexibility index (Phi) is 6.79. The molecule has 4 aliphatic heterocycles. The van der Waals surface area contributed by atoms with E-state index in [-0.39, 0.29) is 42.7 Å². The first kappa shape index (κ1) is 24.5. The summed E-state index contributed by atoms with van der Waals surface area (Å²) in [7, 11) is 0. The second-order valence-corrected chi connectivity index (χ2v) is 10.4. The molecule has 3 fully saturated rings. The van der Waals surface area contributed by atoms with Crippen LogP contribution in [0.5, 0.6) is 0 Å². The third kappa shape index (κ3) is 4.67. The van der Waals surface area contributed by atoms with Crippen molar-refractivity contribution in [2.75, 3.05) is 19.8 Å². The quantitative estimate of drug-likeness (QED) is 0.394. The van der Waals surface area contributed by atoms with Gasteiger partial charge >= 0.3 is 5.97 Å². The normalized spacial score (nSPS) is 35.7. The van der Waals surface area contributed by atoms with Crippen LogP contribution in [-0.4, -0.2) is 55.4 Å². The lowest BCUT2D eigenvalue weighted by Gasteiger charge is -2.37. The topological polar surface area (TPSA) is 75.6 Å². The number of nitrogens with zero attached hydrogens (tertiary/aromatic N) is 1. The van der Waals surface area contributed by atoms with Gasteiger partial charge in [0.15, 0.2) is 5.60 Å². The Morgan fingerprint density at radius 1 is 1.14 bits per heavy atom. The van der Waals surface area contributed by atoms with E-state index in [2.05, 4.69) is 18.5 Å². The number of hydrogen-bond donors (Lipinski definition) is 0. The van der Waals surface area contributed by atoms with Crippen LogP contribution in [-0.2, 0) is 28.5 Å². The van der Waals surface area contributed by atoms with Crippen LogP contribution in [0, 0.1) is 11.8 Å². The summed E-state index contributed by atoms with van der Waals surface area (Å²) in [6.45, 7) is 11.5. The molecule has 7 unspecified atom stereocenters. The maximum Gasteiger partial charge on any atom is 0.307 e. The molecule has 7 nitrogen and oxygen atoms in total. The predicted octanol–water partition coefficient (Wildman–Crippen LogP) is 4.80. The number of halogens is 1. The molecule has 8 heteroatoms. The molecule has 4 aliphatic rings. The van der Waals surface area contributed by atoms with Crippen LogP contribution in [0.4, 0.5) is 0 Å². The van der Waals surface area contributed by atoms with Crippen molar-refractivity contribution >= 4 is 23.3 Å². The van der Waals surface area contributed by atoms with Crippen LogP contribution in [0.15, 0.2) is 53.4 Å². The van der Waals surface area contributed by atoms with E-state index in [1.165, 1.54) is 0 Å². The van der Waals surface area contributed by atoms with Gasteiger partial charge in [0, 0.05) is 23.6 Å². The summed E-state index contributed by atoms with van der Waals surface area (Å²) in [5.41, 5.74) is 1.86. The van der Waals surface area contributed by atoms with Crippen LogP contribution in [0.1, 0.15) is 45.3 Å². The van der Waals surface area contributed by atoms with E-state index in [4.69, 9.17) is 35.3 Å². The average molecular weight is 502 g/mol. The molecule has 0 spiro atoms. The van der Waals surface area contributed by atoms with Gasteiger partial charge in [-0.2, -0.15) is 0 Å². The molecule has 7 atom stereocenters. The third-order valence-corrected chi connectivity index (χ3v) is 7.86. The Labute approximate surface area is 211 Å². The number of aliphatic imine (C=N–C) groups is 1. The first-order chi connectivity index (χ1) is 16.8. The number of carbonyl (C=O) groups excluding carboxylic acids is 1. The van der Waals surface area contributed by atoms with E-state index in [0.717, 1.165) is 16.8 Å². The number of allylic oxidation sites excluding steroid dienone is 1. The smallest absolute Gasteiger partial charge is 0.307 e. The first-order valence-corrected chi connectivity index (χ1v) is 12.6. The molecular weight excluding hydrogens is 470 g/mol. The number of benzene rings is 1. The van der Waals surface area contributed by atoms with Crippen molar-refractivity contribution in [3.05, 3.63) is 59.0 Å². The van der Waals surface area contributed by atoms with E-state index in [1.807, 2.05) is 44.3 Å². The summed E-state index contributed by atoms with van der Waals surface area (Å²) in [5, 5.41) is 0.671. The van der Waals surface area contributed by atoms with Crippen molar-refractivity contribution in [1.82, 2.24) is 0 Å². The summed E-state index contributed by atoms with van der Waals surface area (Å²) < 4.78 is 29.8. The second kappa shape index (κ2) is 9.69. The van der Waals surface area contributed by atoms with Crippen LogP contribution < -0.4 is 0 Å². The summed E-state index contributed by atoms with van der Waals surface area (Å²) >= 11 is 6.04. The minimum absolute atomic E-state index is 0.0684. The standard InChI is InChI=1S/C27H32ClNO6/c1-15-12-31-26-22(14-33-24(15)26)34-16(2)5-10-23(30)35-27(4)17(3)29-11-20-21(27)13-32-25(20)18-6-8-19(28)9-7-18/h6-9,11,15,21-22,24-26H,2,5,10,12-14H2,1,3-4H3. The van der Waals surface area contributed by atoms with E-state index in [1.54, 1.807) is 0 Å². The van der Waals surface area contributed by atoms with E-state index >= 15 is 0 Å². The number of fused-ring (bicyclic) bond motifs is 2. The van der Waals surface area contributed by atoms with Crippen molar-refractivity contribution in [1.29, 1.82) is 0 Å². The van der Waals surface area contributed by atoms with Gasteiger partial charge in [-0.1, -0.05) is 37.2 Å². The molecule has 1 aromatic carbocycles. The highest BCUT2D eigenvalue weighted by molar-refractivity contribution is 6.30. The maximum atomic E-state index is 12.9. The van der Waals surface area contributed by atoms with Crippen molar-refractivity contribution in [3.8, 4) is 0 Å². The Bertz CT molecular complexity index is 1050. The first-order valence-electron chi connectivity index (χ1n) is 12.2. The zero-order valence-corrected chi connectivity index (χ0v) is 21.1. The zero-order valence-electron chi connectivity index (χ0n) is 20.4. The number of hydrogen-bond acceptors (Lipinski definition) is 7. The molecule has 35 heavy (non-hydrogen) atoms. The van der Waals surface area contributed by atoms with Crippen LogP contribution in [0.3, 0.4) is 0 Å². The molecule has 0 N–H and O–H groups in total. The van der Waals surface area contributed by atoms with Gasteiger partial charge in [0.1, 0.15) is 18.3 Å². The van der Waals surface area contributed by atoms with E-state index in [0.29, 0.717) is 42.9 Å². The fourth-order valence-electron chi connectivity index (χ4n) is 5.38. The molecular formula is C27H32ClNO6. The van der Waals surface area contributed by atoms with Gasteiger partial charge in [-0.05, 0) is 37.1 Å². The highest BCUT2D eigenvalue weighted by Gasteiger charge is 2.50. The van der Waals surface area contributed by atoms with Crippen LogP contribution in [0.25, 0.3) is 0 Å². The van der Waals surface area contributed by atoms with Crippen molar-refractivity contribution in [3.63, 3.8) is 0 Å². The molecule has 0 radical (unpaired) electrons. The molecule has 0 amide bonds. The summed E-state index contributed by atoms with van der Waals surface area (Å²) in [6, 6.07) is 7.59. The lowest BCUT2D eigenvalue weighted by molar-refractivity contribution is -0.155. The fourth-order valence-corrected chi connectivity index (χ4v) is 5.51. The SMILES string of the molecule is C=C(CCC(=O)OC1(C)C(C)=NC=C2C(c3ccc(Cl)cc3)OCC21)OC1COC2C(C)COC12. The van der Waals surface area contributed by atoms with Gasteiger partial charge in [0.25, 0.3) is 0 Å².